The topological polar surface area (TPSA) is 89.8 Å². The minimum atomic E-state index is -0.963. The maximum Gasteiger partial charge on any atom is 0.335 e. The third-order valence-corrected chi connectivity index (χ3v) is 2.67. The van der Waals surface area contributed by atoms with E-state index in [9.17, 15) is 15.0 Å². The molecule has 4 N–H and O–H groups in total. The van der Waals surface area contributed by atoms with Gasteiger partial charge in [-0.3, -0.25) is 0 Å². The maximum atomic E-state index is 10.7. The molecular formula is C14H13NO4. The Morgan fingerprint density at radius 1 is 1.00 bits per heavy atom. The van der Waals surface area contributed by atoms with Crippen molar-refractivity contribution in [1.82, 2.24) is 0 Å². The van der Waals surface area contributed by atoms with Crippen LogP contribution in [0.15, 0.2) is 42.5 Å². The lowest BCUT2D eigenvalue weighted by molar-refractivity contribution is 0.0697. The SMILES string of the molecule is O=C(O)c1ccc(NCc2ccc(O)c(O)c2)cc1. The zero-order valence-electron chi connectivity index (χ0n) is 10.00. The highest BCUT2D eigenvalue weighted by molar-refractivity contribution is 5.87. The van der Waals surface area contributed by atoms with Crippen LogP contribution in [0.5, 0.6) is 11.5 Å². The number of phenols is 2. The number of hydrogen-bond acceptors (Lipinski definition) is 4. The Hall–Kier alpha value is -2.69. The molecule has 0 heterocycles. The molecule has 0 aliphatic carbocycles. The van der Waals surface area contributed by atoms with Gasteiger partial charge >= 0.3 is 5.97 Å². The lowest BCUT2D eigenvalue weighted by atomic mass is 10.2. The van der Waals surface area contributed by atoms with Gasteiger partial charge in [-0.05, 0) is 42.0 Å². The smallest absolute Gasteiger partial charge is 0.335 e. The summed E-state index contributed by atoms with van der Waals surface area (Å²) < 4.78 is 0. The molecule has 0 aliphatic heterocycles. The number of hydrogen-bond donors (Lipinski definition) is 4. The minimum absolute atomic E-state index is 0.158. The quantitative estimate of drug-likeness (QED) is 0.633. The van der Waals surface area contributed by atoms with E-state index in [4.69, 9.17) is 5.11 Å². The summed E-state index contributed by atoms with van der Waals surface area (Å²) in [6.07, 6.45) is 0. The van der Waals surface area contributed by atoms with E-state index in [0.717, 1.165) is 11.3 Å². The van der Waals surface area contributed by atoms with Crippen LogP contribution in [0.4, 0.5) is 5.69 Å². The molecular weight excluding hydrogens is 246 g/mol. The number of carbonyl (C=O) groups is 1. The molecule has 0 unspecified atom stereocenters. The highest BCUT2D eigenvalue weighted by Crippen LogP contribution is 2.25. The first-order valence-electron chi connectivity index (χ1n) is 5.64. The Balaban J connectivity index is 2.01. The van der Waals surface area contributed by atoms with E-state index < -0.39 is 5.97 Å². The summed E-state index contributed by atoms with van der Waals surface area (Å²) in [5.74, 6) is -1.29. The molecule has 5 heteroatoms. The molecule has 0 saturated carbocycles. The van der Waals surface area contributed by atoms with E-state index in [-0.39, 0.29) is 17.1 Å². The highest BCUT2D eigenvalue weighted by Gasteiger charge is 2.03. The zero-order valence-corrected chi connectivity index (χ0v) is 10.00. The number of anilines is 1. The largest absolute Gasteiger partial charge is 0.504 e. The Labute approximate surface area is 109 Å². The van der Waals surface area contributed by atoms with Gasteiger partial charge in [-0.1, -0.05) is 6.07 Å². The molecule has 2 aromatic carbocycles. The summed E-state index contributed by atoms with van der Waals surface area (Å²) in [5, 5.41) is 30.4. The Kier molecular flexibility index (Phi) is 3.56. The average Bonchev–Trinajstić information content (AvgIpc) is 2.40. The molecule has 0 radical (unpaired) electrons. The van der Waals surface area contributed by atoms with Gasteiger partial charge in [-0.2, -0.15) is 0 Å². The fourth-order valence-electron chi connectivity index (χ4n) is 1.61. The van der Waals surface area contributed by atoms with Crippen LogP contribution in [0.25, 0.3) is 0 Å². The van der Waals surface area contributed by atoms with E-state index >= 15 is 0 Å². The predicted molar refractivity (Wildman–Crippen MR) is 70.5 cm³/mol. The molecule has 0 bridgehead atoms. The number of benzene rings is 2. The van der Waals surface area contributed by atoms with Crippen molar-refractivity contribution in [3.8, 4) is 11.5 Å². The molecule has 0 amide bonds. The Morgan fingerprint density at radius 3 is 2.26 bits per heavy atom. The Morgan fingerprint density at radius 2 is 1.68 bits per heavy atom. The molecule has 0 saturated heterocycles. The molecule has 98 valence electrons. The number of rotatable bonds is 4. The summed E-state index contributed by atoms with van der Waals surface area (Å²) in [4.78, 5) is 10.7. The minimum Gasteiger partial charge on any atom is -0.504 e. The van der Waals surface area contributed by atoms with Crippen LogP contribution in [-0.2, 0) is 6.54 Å². The van der Waals surface area contributed by atoms with Gasteiger partial charge in [0, 0.05) is 12.2 Å². The van der Waals surface area contributed by atoms with Crippen LogP contribution in [0.3, 0.4) is 0 Å². The molecule has 2 rings (SSSR count). The van der Waals surface area contributed by atoms with Gasteiger partial charge in [0.25, 0.3) is 0 Å². The van der Waals surface area contributed by atoms with Crippen LogP contribution < -0.4 is 5.32 Å². The van der Waals surface area contributed by atoms with Crippen LogP contribution in [0, 0.1) is 0 Å². The third kappa shape index (κ3) is 3.16. The van der Waals surface area contributed by atoms with Crippen LogP contribution >= 0.6 is 0 Å². The molecule has 0 aliphatic rings. The summed E-state index contributed by atoms with van der Waals surface area (Å²) in [5.41, 5.74) is 1.81. The second-order valence-electron chi connectivity index (χ2n) is 4.06. The first-order chi connectivity index (χ1) is 9.06. The van der Waals surface area contributed by atoms with Crippen molar-refractivity contribution in [3.63, 3.8) is 0 Å². The summed E-state index contributed by atoms with van der Waals surface area (Å²) >= 11 is 0. The maximum absolute atomic E-state index is 10.7. The number of phenolic OH excluding ortho intramolecular Hbond substituents is 2. The van der Waals surface area contributed by atoms with Crippen molar-refractivity contribution in [2.75, 3.05) is 5.32 Å². The molecule has 2 aromatic rings. The Bertz CT molecular complexity index is 593. The molecule has 0 atom stereocenters. The van der Waals surface area contributed by atoms with Gasteiger partial charge in [-0.15, -0.1) is 0 Å². The third-order valence-electron chi connectivity index (χ3n) is 2.67. The second-order valence-corrected chi connectivity index (χ2v) is 4.06. The summed E-state index contributed by atoms with van der Waals surface area (Å²) in [6, 6.07) is 10.9. The van der Waals surface area contributed by atoms with Crippen molar-refractivity contribution in [3.05, 3.63) is 53.6 Å². The van der Waals surface area contributed by atoms with Gasteiger partial charge in [0.05, 0.1) is 5.56 Å². The molecule has 5 nitrogen and oxygen atoms in total. The predicted octanol–water partition coefficient (Wildman–Crippen LogP) is 2.41. The van der Waals surface area contributed by atoms with Crippen molar-refractivity contribution >= 4 is 11.7 Å². The molecule has 0 spiro atoms. The van der Waals surface area contributed by atoms with Gasteiger partial charge in [0.15, 0.2) is 11.5 Å². The second kappa shape index (κ2) is 5.30. The lowest BCUT2D eigenvalue weighted by Crippen LogP contribution is -2.00. The molecule has 0 fully saturated rings. The van der Waals surface area contributed by atoms with Crippen molar-refractivity contribution < 1.29 is 20.1 Å². The fourth-order valence-corrected chi connectivity index (χ4v) is 1.61. The van der Waals surface area contributed by atoms with Gasteiger partial charge in [-0.25, -0.2) is 4.79 Å². The van der Waals surface area contributed by atoms with Crippen molar-refractivity contribution in [2.24, 2.45) is 0 Å². The van der Waals surface area contributed by atoms with E-state index in [1.54, 1.807) is 18.2 Å². The first-order valence-corrected chi connectivity index (χ1v) is 5.64. The number of aromatic hydroxyl groups is 2. The van der Waals surface area contributed by atoms with Crippen molar-refractivity contribution in [1.29, 1.82) is 0 Å². The molecule has 0 aromatic heterocycles. The van der Waals surface area contributed by atoms with E-state index in [1.807, 2.05) is 0 Å². The van der Waals surface area contributed by atoms with E-state index in [1.165, 1.54) is 24.3 Å². The van der Waals surface area contributed by atoms with Crippen LogP contribution in [0.2, 0.25) is 0 Å². The normalized spacial score (nSPS) is 10.1. The zero-order chi connectivity index (χ0) is 13.8. The van der Waals surface area contributed by atoms with Crippen molar-refractivity contribution in [2.45, 2.75) is 6.54 Å². The van der Waals surface area contributed by atoms with E-state index in [0.29, 0.717) is 6.54 Å². The number of aromatic carboxylic acids is 1. The van der Waals surface area contributed by atoms with Crippen LogP contribution in [0.1, 0.15) is 15.9 Å². The standard InChI is InChI=1S/C14H13NO4/c16-12-6-1-9(7-13(12)17)8-15-11-4-2-10(3-5-11)14(18)19/h1-7,15-17H,8H2,(H,18,19). The van der Waals surface area contributed by atoms with Gasteiger partial charge in [0.1, 0.15) is 0 Å². The number of carboxylic acids is 1. The number of carboxylic acid groups (broad SMARTS) is 1. The lowest BCUT2D eigenvalue weighted by Gasteiger charge is -2.07. The fraction of sp³-hybridized carbons (Fsp3) is 0.0714. The molecule has 19 heavy (non-hydrogen) atoms. The van der Waals surface area contributed by atoms with Crippen LogP contribution in [-0.4, -0.2) is 21.3 Å². The number of nitrogens with one attached hydrogen (secondary N) is 1. The van der Waals surface area contributed by atoms with E-state index in [2.05, 4.69) is 5.32 Å². The summed E-state index contributed by atoms with van der Waals surface area (Å²) in [6.45, 7) is 0.459. The monoisotopic (exact) mass is 259 g/mol. The average molecular weight is 259 g/mol. The first kappa shape index (κ1) is 12.8. The van der Waals surface area contributed by atoms with Gasteiger partial charge < -0.3 is 20.6 Å². The van der Waals surface area contributed by atoms with Gasteiger partial charge in [0.2, 0.25) is 0 Å². The highest BCUT2D eigenvalue weighted by atomic mass is 16.4. The summed E-state index contributed by atoms with van der Waals surface area (Å²) in [7, 11) is 0.